The lowest BCUT2D eigenvalue weighted by Gasteiger charge is -2.32. The van der Waals surface area contributed by atoms with Crippen molar-refractivity contribution in [3.63, 3.8) is 0 Å². The van der Waals surface area contributed by atoms with Gasteiger partial charge in [-0.05, 0) is 29.7 Å². The van der Waals surface area contributed by atoms with Crippen LogP contribution >= 0.6 is 0 Å². The molecule has 0 amide bonds. The predicted molar refractivity (Wildman–Crippen MR) is 89.9 cm³/mol. The number of anilines is 1. The van der Waals surface area contributed by atoms with Crippen molar-refractivity contribution in [2.45, 2.75) is 13.0 Å². The molecule has 1 aliphatic rings. The first-order valence-corrected chi connectivity index (χ1v) is 7.71. The lowest BCUT2D eigenvalue weighted by Crippen LogP contribution is -2.29. The second-order valence-corrected chi connectivity index (χ2v) is 5.71. The Hall–Kier alpha value is -2.39. The van der Waals surface area contributed by atoms with E-state index in [0.717, 1.165) is 30.8 Å². The third-order valence-corrected chi connectivity index (χ3v) is 4.26. The maximum atomic E-state index is 9.16. The highest BCUT2D eigenvalue weighted by Gasteiger charge is 2.23. The van der Waals surface area contributed by atoms with Crippen LogP contribution in [0.15, 0.2) is 54.6 Å². The van der Waals surface area contributed by atoms with Crippen LogP contribution in [0, 0.1) is 0 Å². The van der Waals surface area contributed by atoms with Gasteiger partial charge in [0.05, 0.1) is 5.52 Å². The third-order valence-electron chi connectivity index (χ3n) is 4.26. The first kappa shape index (κ1) is 13.3. The average molecular weight is 290 g/mol. The number of hydrogen-bond acceptors (Lipinski definition) is 3. The number of aliphatic hydroxyl groups is 1. The van der Waals surface area contributed by atoms with Crippen LogP contribution in [0.2, 0.25) is 0 Å². The number of pyridine rings is 1. The molecule has 2 heterocycles. The molecule has 0 unspecified atom stereocenters. The van der Waals surface area contributed by atoms with Crippen molar-refractivity contribution >= 4 is 16.7 Å². The molecule has 0 atom stereocenters. The van der Waals surface area contributed by atoms with Crippen molar-refractivity contribution in [2.24, 2.45) is 0 Å². The quantitative estimate of drug-likeness (QED) is 0.800. The van der Waals surface area contributed by atoms with Gasteiger partial charge in [0.15, 0.2) is 0 Å². The molecule has 3 nitrogen and oxygen atoms in total. The fourth-order valence-electron chi connectivity index (χ4n) is 3.19. The first-order valence-electron chi connectivity index (χ1n) is 7.71. The van der Waals surface area contributed by atoms with Crippen molar-refractivity contribution in [1.82, 2.24) is 4.98 Å². The van der Waals surface area contributed by atoms with E-state index in [2.05, 4.69) is 53.4 Å². The Morgan fingerprint density at radius 1 is 1.00 bits per heavy atom. The monoisotopic (exact) mass is 290 g/mol. The lowest BCUT2D eigenvalue weighted by atomic mass is 9.94. The van der Waals surface area contributed by atoms with Crippen LogP contribution in [0.3, 0.4) is 0 Å². The van der Waals surface area contributed by atoms with E-state index < -0.39 is 0 Å². The number of rotatable bonds is 3. The summed E-state index contributed by atoms with van der Waals surface area (Å²) in [6.07, 6.45) is 0.760. The summed E-state index contributed by atoms with van der Waals surface area (Å²) < 4.78 is 0. The largest absolute Gasteiger partial charge is 0.396 e. The molecule has 0 bridgehead atoms. The average Bonchev–Trinajstić information content (AvgIpc) is 2.58. The highest BCUT2D eigenvalue weighted by molar-refractivity contribution is 5.91. The molecular formula is C19H18N2O. The number of nitrogens with zero attached hydrogens (tertiary/aromatic N) is 2. The Bertz CT molecular complexity index is 829. The first-order chi connectivity index (χ1) is 10.9. The molecule has 3 heteroatoms. The van der Waals surface area contributed by atoms with Crippen LogP contribution < -0.4 is 4.90 Å². The van der Waals surface area contributed by atoms with Gasteiger partial charge in [-0.2, -0.15) is 0 Å². The van der Waals surface area contributed by atoms with E-state index in [0.29, 0.717) is 0 Å². The van der Waals surface area contributed by atoms with E-state index in [1.54, 1.807) is 0 Å². The minimum absolute atomic E-state index is 0.209. The Morgan fingerprint density at radius 3 is 2.73 bits per heavy atom. The van der Waals surface area contributed by atoms with Gasteiger partial charge in [-0.25, -0.2) is 4.98 Å². The zero-order valence-electron chi connectivity index (χ0n) is 12.4. The Kier molecular flexibility index (Phi) is 3.28. The van der Waals surface area contributed by atoms with Crippen molar-refractivity contribution in [3.05, 3.63) is 60.2 Å². The van der Waals surface area contributed by atoms with Gasteiger partial charge in [0.1, 0.15) is 5.82 Å². The van der Waals surface area contributed by atoms with Crippen molar-refractivity contribution < 1.29 is 5.11 Å². The minimum Gasteiger partial charge on any atom is -0.396 e. The summed E-state index contributed by atoms with van der Waals surface area (Å²) >= 11 is 0. The summed E-state index contributed by atoms with van der Waals surface area (Å²) in [5.74, 6) is 1.03. The van der Waals surface area contributed by atoms with E-state index in [-0.39, 0.29) is 6.61 Å². The van der Waals surface area contributed by atoms with Gasteiger partial charge in [0, 0.05) is 30.6 Å². The molecule has 0 fully saturated rings. The molecule has 110 valence electrons. The van der Waals surface area contributed by atoms with Gasteiger partial charge in [0.2, 0.25) is 0 Å². The highest BCUT2D eigenvalue weighted by atomic mass is 16.3. The maximum Gasteiger partial charge on any atom is 0.137 e. The standard InChI is InChI=1S/C19H18N2O/c22-11-5-10-21-13-15-7-1-3-8-16(15)17-12-14-6-2-4-9-18(14)20-19(17)21/h1-4,6-9,12,22H,5,10-11,13H2. The number of para-hydroxylation sites is 1. The second kappa shape index (κ2) is 5.43. The van der Waals surface area contributed by atoms with Gasteiger partial charge in [-0.3, -0.25) is 0 Å². The predicted octanol–water partition coefficient (Wildman–Crippen LogP) is 3.60. The van der Waals surface area contributed by atoms with Crippen LogP contribution in [-0.2, 0) is 6.54 Å². The fraction of sp³-hybridized carbons (Fsp3) is 0.211. The molecule has 22 heavy (non-hydrogen) atoms. The molecule has 0 spiro atoms. The molecule has 1 aromatic heterocycles. The summed E-state index contributed by atoms with van der Waals surface area (Å²) in [5, 5.41) is 10.3. The molecule has 4 rings (SSSR count). The minimum atomic E-state index is 0.209. The number of benzene rings is 2. The number of aliphatic hydroxyl groups excluding tert-OH is 1. The smallest absolute Gasteiger partial charge is 0.137 e. The van der Waals surface area contributed by atoms with Gasteiger partial charge < -0.3 is 10.0 Å². The fourth-order valence-corrected chi connectivity index (χ4v) is 3.19. The maximum absolute atomic E-state index is 9.16. The Morgan fingerprint density at radius 2 is 1.82 bits per heavy atom. The lowest BCUT2D eigenvalue weighted by molar-refractivity contribution is 0.289. The van der Waals surface area contributed by atoms with Crippen LogP contribution in [-0.4, -0.2) is 23.2 Å². The second-order valence-electron chi connectivity index (χ2n) is 5.71. The van der Waals surface area contributed by atoms with E-state index in [1.807, 2.05) is 6.07 Å². The zero-order valence-corrected chi connectivity index (χ0v) is 12.4. The van der Waals surface area contributed by atoms with Gasteiger partial charge in [0.25, 0.3) is 0 Å². The van der Waals surface area contributed by atoms with Crippen LogP contribution in [0.1, 0.15) is 12.0 Å². The summed E-state index contributed by atoms with van der Waals surface area (Å²) in [6.45, 7) is 1.89. The van der Waals surface area contributed by atoms with Crippen molar-refractivity contribution in [2.75, 3.05) is 18.1 Å². The van der Waals surface area contributed by atoms with E-state index >= 15 is 0 Å². The molecule has 0 saturated carbocycles. The Balaban J connectivity index is 1.93. The van der Waals surface area contributed by atoms with E-state index in [4.69, 9.17) is 10.1 Å². The van der Waals surface area contributed by atoms with Crippen LogP contribution in [0.4, 0.5) is 5.82 Å². The summed E-state index contributed by atoms with van der Waals surface area (Å²) in [4.78, 5) is 7.17. The molecular weight excluding hydrogens is 272 g/mol. The SMILES string of the molecule is OCCCN1Cc2ccccc2-c2cc3ccccc3nc21. The topological polar surface area (TPSA) is 36.4 Å². The summed E-state index contributed by atoms with van der Waals surface area (Å²) in [5.41, 5.74) is 4.81. The van der Waals surface area contributed by atoms with Crippen molar-refractivity contribution in [3.8, 4) is 11.1 Å². The normalized spacial score (nSPS) is 13.0. The number of aromatic nitrogens is 1. The zero-order chi connectivity index (χ0) is 14.9. The number of hydrogen-bond donors (Lipinski definition) is 1. The summed E-state index contributed by atoms with van der Waals surface area (Å²) in [6, 6.07) is 19.0. The highest BCUT2D eigenvalue weighted by Crippen LogP contribution is 2.39. The Labute approximate surface area is 129 Å². The summed E-state index contributed by atoms with van der Waals surface area (Å²) in [7, 11) is 0. The third kappa shape index (κ3) is 2.14. The van der Waals surface area contributed by atoms with Crippen molar-refractivity contribution in [1.29, 1.82) is 0 Å². The molecule has 2 aromatic carbocycles. The molecule has 0 aliphatic carbocycles. The van der Waals surface area contributed by atoms with E-state index in [9.17, 15) is 0 Å². The molecule has 1 N–H and O–H groups in total. The molecule has 3 aromatic rings. The van der Waals surface area contributed by atoms with Crippen LogP contribution in [0.5, 0.6) is 0 Å². The van der Waals surface area contributed by atoms with Gasteiger partial charge in [-0.1, -0.05) is 42.5 Å². The van der Waals surface area contributed by atoms with Crippen LogP contribution in [0.25, 0.3) is 22.0 Å². The van der Waals surface area contributed by atoms with Gasteiger partial charge >= 0.3 is 0 Å². The van der Waals surface area contributed by atoms with Gasteiger partial charge in [-0.15, -0.1) is 0 Å². The molecule has 1 aliphatic heterocycles. The molecule has 0 radical (unpaired) electrons. The number of fused-ring (bicyclic) bond motifs is 4. The molecule has 0 saturated heterocycles. The van der Waals surface area contributed by atoms with E-state index in [1.165, 1.54) is 22.1 Å².